The highest BCUT2D eigenvalue weighted by molar-refractivity contribution is 5.94. The minimum absolute atomic E-state index is 0.0193. The standard InChI is InChI=1S/C11H9FN2O3/c1-3-6-13(2)11(15)8-4-5-10(14(16)17)9(12)7-8/h1,4-5,7H,6H2,2H3. The third kappa shape index (κ3) is 2.78. The highest BCUT2D eigenvalue weighted by atomic mass is 19.1. The third-order valence-corrected chi connectivity index (χ3v) is 2.07. The van der Waals surface area contributed by atoms with Crippen LogP contribution in [-0.2, 0) is 0 Å². The molecule has 1 rings (SSSR count). The summed E-state index contributed by atoms with van der Waals surface area (Å²) in [6.45, 7) is 0.0808. The molecule has 5 nitrogen and oxygen atoms in total. The van der Waals surface area contributed by atoms with Crippen molar-refractivity contribution in [2.75, 3.05) is 13.6 Å². The summed E-state index contributed by atoms with van der Waals surface area (Å²) in [6.07, 6.45) is 5.03. The molecule has 17 heavy (non-hydrogen) atoms. The van der Waals surface area contributed by atoms with E-state index in [4.69, 9.17) is 6.42 Å². The van der Waals surface area contributed by atoms with Gasteiger partial charge in [-0.25, -0.2) is 0 Å². The van der Waals surface area contributed by atoms with Crippen molar-refractivity contribution in [2.24, 2.45) is 0 Å². The molecule has 1 aromatic carbocycles. The van der Waals surface area contributed by atoms with E-state index in [1.54, 1.807) is 0 Å². The molecule has 1 amide bonds. The molecule has 0 aliphatic heterocycles. The number of hydrogen-bond acceptors (Lipinski definition) is 3. The number of terminal acetylenes is 1. The third-order valence-electron chi connectivity index (χ3n) is 2.07. The summed E-state index contributed by atoms with van der Waals surface area (Å²) in [4.78, 5) is 22.4. The summed E-state index contributed by atoms with van der Waals surface area (Å²) in [5.74, 6) is 0.730. The summed E-state index contributed by atoms with van der Waals surface area (Å²) in [6, 6.07) is 2.97. The smallest absolute Gasteiger partial charge is 0.304 e. The summed E-state index contributed by atoms with van der Waals surface area (Å²) >= 11 is 0. The summed E-state index contributed by atoms with van der Waals surface area (Å²) < 4.78 is 13.3. The molecule has 0 aliphatic rings. The largest absolute Gasteiger partial charge is 0.331 e. The summed E-state index contributed by atoms with van der Waals surface area (Å²) in [7, 11) is 1.46. The van der Waals surface area contributed by atoms with Gasteiger partial charge in [-0.2, -0.15) is 4.39 Å². The topological polar surface area (TPSA) is 63.5 Å². The Morgan fingerprint density at radius 3 is 2.76 bits per heavy atom. The van der Waals surface area contributed by atoms with Gasteiger partial charge in [0.25, 0.3) is 5.91 Å². The van der Waals surface area contributed by atoms with Gasteiger partial charge in [-0.3, -0.25) is 14.9 Å². The SMILES string of the molecule is C#CCN(C)C(=O)c1ccc([N+](=O)[O-])c(F)c1. The van der Waals surface area contributed by atoms with Gasteiger partial charge < -0.3 is 4.90 Å². The van der Waals surface area contributed by atoms with Crippen molar-refractivity contribution < 1.29 is 14.1 Å². The molecule has 0 bridgehead atoms. The highest BCUT2D eigenvalue weighted by Crippen LogP contribution is 2.18. The number of nitrogens with zero attached hydrogens (tertiary/aromatic N) is 2. The number of hydrogen-bond donors (Lipinski definition) is 0. The number of nitro benzene ring substituents is 1. The molecule has 6 heteroatoms. The van der Waals surface area contributed by atoms with E-state index in [1.165, 1.54) is 18.0 Å². The van der Waals surface area contributed by atoms with Crippen molar-refractivity contribution in [3.63, 3.8) is 0 Å². The summed E-state index contributed by atoms with van der Waals surface area (Å²) in [5.41, 5.74) is -0.646. The van der Waals surface area contributed by atoms with Crippen LogP contribution in [-0.4, -0.2) is 29.3 Å². The van der Waals surface area contributed by atoms with Crippen molar-refractivity contribution in [1.29, 1.82) is 0 Å². The van der Waals surface area contributed by atoms with Crippen molar-refractivity contribution in [3.05, 3.63) is 39.7 Å². The fourth-order valence-corrected chi connectivity index (χ4v) is 1.22. The van der Waals surface area contributed by atoms with E-state index < -0.39 is 22.3 Å². The Morgan fingerprint density at radius 1 is 1.65 bits per heavy atom. The zero-order chi connectivity index (χ0) is 13.0. The van der Waals surface area contributed by atoms with Gasteiger partial charge in [-0.1, -0.05) is 5.92 Å². The van der Waals surface area contributed by atoms with E-state index in [0.29, 0.717) is 0 Å². The molecule has 0 unspecified atom stereocenters. The predicted molar refractivity (Wildman–Crippen MR) is 58.8 cm³/mol. The molecule has 0 spiro atoms. The van der Waals surface area contributed by atoms with E-state index in [2.05, 4.69) is 5.92 Å². The minimum atomic E-state index is -1.05. The molecular formula is C11H9FN2O3. The molecule has 1 aromatic rings. The molecule has 0 atom stereocenters. The number of nitro groups is 1. The van der Waals surface area contributed by atoms with Crippen LogP contribution in [0.4, 0.5) is 10.1 Å². The molecule has 0 N–H and O–H groups in total. The Kier molecular flexibility index (Phi) is 3.78. The van der Waals surface area contributed by atoms with Gasteiger partial charge in [0.2, 0.25) is 5.82 Å². The number of carbonyl (C=O) groups is 1. The normalized spacial score (nSPS) is 9.47. The maximum atomic E-state index is 13.3. The fourth-order valence-electron chi connectivity index (χ4n) is 1.22. The van der Waals surface area contributed by atoms with E-state index >= 15 is 0 Å². The Hall–Kier alpha value is -2.42. The van der Waals surface area contributed by atoms with Crippen LogP contribution in [0.3, 0.4) is 0 Å². The predicted octanol–water partition coefficient (Wildman–Crippen LogP) is 1.44. The minimum Gasteiger partial charge on any atom is -0.331 e. The molecule has 0 heterocycles. The zero-order valence-corrected chi connectivity index (χ0v) is 9.01. The second-order valence-electron chi connectivity index (χ2n) is 3.29. The van der Waals surface area contributed by atoms with Crippen LogP contribution >= 0.6 is 0 Å². The first-order valence-corrected chi connectivity index (χ1v) is 4.60. The van der Waals surface area contributed by atoms with Crippen molar-refractivity contribution in [1.82, 2.24) is 4.90 Å². The first-order chi connectivity index (χ1) is 7.97. The van der Waals surface area contributed by atoms with Crippen LogP contribution in [0.1, 0.15) is 10.4 Å². The number of halogens is 1. The monoisotopic (exact) mass is 236 g/mol. The average Bonchev–Trinajstić information content (AvgIpc) is 2.27. The van der Waals surface area contributed by atoms with E-state index in [0.717, 1.165) is 12.1 Å². The van der Waals surface area contributed by atoms with Crippen LogP contribution in [0.25, 0.3) is 0 Å². The molecule has 0 aromatic heterocycles. The lowest BCUT2D eigenvalue weighted by atomic mass is 10.1. The van der Waals surface area contributed by atoms with E-state index in [-0.39, 0.29) is 12.1 Å². The van der Waals surface area contributed by atoms with Crippen LogP contribution in [0.5, 0.6) is 0 Å². The van der Waals surface area contributed by atoms with Crippen molar-refractivity contribution >= 4 is 11.6 Å². The molecular weight excluding hydrogens is 227 g/mol. The molecule has 0 saturated carbocycles. The molecule has 0 saturated heterocycles. The molecule has 0 radical (unpaired) electrons. The first kappa shape index (κ1) is 12.6. The van der Waals surface area contributed by atoms with Crippen LogP contribution in [0, 0.1) is 28.3 Å². The maximum Gasteiger partial charge on any atom is 0.304 e. The second-order valence-corrected chi connectivity index (χ2v) is 3.29. The van der Waals surface area contributed by atoms with Gasteiger partial charge in [-0.15, -0.1) is 6.42 Å². The zero-order valence-electron chi connectivity index (χ0n) is 9.01. The van der Waals surface area contributed by atoms with Gasteiger partial charge in [0, 0.05) is 18.7 Å². The van der Waals surface area contributed by atoms with Crippen LogP contribution in [0.15, 0.2) is 18.2 Å². The second kappa shape index (κ2) is 5.07. The van der Waals surface area contributed by atoms with Gasteiger partial charge >= 0.3 is 5.69 Å². The van der Waals surface area contributed by atoms with Crippen molar-refractivity contribution in [3.8, 4) is 12.3 Å². The number of benzene rings is 1. The average molecular weight is 236 g/mol. The van der Waals surface area contributed by atoms with Crippen LogP contribution in [0.2, 0.25) is 0 Å². The Balaban J connectivity index is 3.02. The highest BCUT2D eigenvalue weighted by Gasteiger charge is 2.18. The Labute approximate surface area is 97.0 Å². The van der Waals surface area contributed by atoms with Gasteiger partial charge in [0.05, 0.1) is 11.5 Å². The van der Waals surface area contributed by atoms with Crippen LogP contribution < -0.4 is 0 Å². The summed E-state index contributed by atoms with van der Waals surface area (Å²) in [5, 5.41) is 10.4. The van der Waals surface area contributed by atoms with E-state index in [1.807, 2.05) is 0 Å². The Bertz CT molecular complexity index is 508. The van der Waals surface area contributed by atoms with Crippen molar-refractivity contribution in [2.45, 2.75) is 0 Å². The van der Waals surface area contributed by atoms with E-state index in [9.17, 15) is 19.3 Å². The van der Waals surface area contributed by atoms with Gasteiger partial charge in [0.15, 0.2) is 0 Å². The number of carbonyl (C=O) groups excluding carboxylic acids is 1. The molecule has 0 aliphatic carbocycles. The first-order valence-electron chi connectivity index (χ1n) is 4.60. The molecule has 88 valence electrons. The maximum absolute atomic E-state index is 13.3. The Morgan fingerprint density at radius 2 is 2.29 bits per heavy atom. The lowest BCUT2D eigenvalue weighted by Gasteiger charge is -2.13. The lowest BCUT2D eigenvalue weighted by Crippen LogP contribution is -2.27. The van der Waals surface area contributed by atoms with Gasteiger partial charge in [0.1, 0.15) is 0 Å². The van der Waals surface area contributed by atoms with Gasteiger partial charge in [-0.05, 0) is 12.1 Å². The molecule has 0 fully saturated rings. The quantitative estimate of drug-likeness (QED) is 0.453. The fraction of sp³-hybridized carbons (Fsp3) is 0.182. The lowest BCUT2D eigenvalue weighted by molar-refractivity contribution is -0.387. The number of amides is 1. The number of rotatable bonds is 3.